The Morgan fingerprint density at radius 3 is 3.00 bits per heavy atom. The SMILES string of the molecule is CCSCC(C)Nc1ncc(Br)c(OC)n1. The van der Waals surface area contributed by atoms with Crippen molar-refractivity contribution in [3.05, 3.63) is 10.7 Å². The van der Waals surface area contributed by atoms with Gasteiger partial charge in [0.15, 0.2) is 0 Å². The van der Waals surface area contributed by atoms with E-state index in [4.69, 9.17) is 4.74 Å². The van der Waals surface area contributed by atoms with Crippen LogP contribution in [0, 0.1) is 0 Å². The molecule has 1 unspecified atom stereocenters. The third-order valence-electron chi connectivity index (χ3n) is 1.85. The fraction of sp³-hybridized carbons (Fsp3) is 0.600. The lowest BCUT2D eigenvalue weighted by molar-refractivity contribution is 0.394. The fourth-order valence-electron chi connectivity index (χ4n) is 1.12. The van der Waals surface area contributed by atoms with Gasteiger partial charge in [-0.05, 0) is 28.6 Å². The molecule has 1 N–H and O–H groups in total. The molecule has 90 valence electrons. The highest BCUT2D eigenvalue weighted by molar-refractivity contribution is 9.10. The number of hydrogen-bond acceptors (Lipinski definition) is 5. The van der Waals surface area contributed by atoms with E-state index >= 15 is 0 Å². The number of hydrogen-bond donors (Lipinski definition) is 1. The van der Waals surface area contributed by atoms with Crippen molar-refractivity contribution in [3.63, 3.8) is 0 Å². The Kier molecular flexibility index (Phi) is 5.90. The lowest BCUT2D eigenvalue weighted by Crippen LogP contribution is -2.19. The molecule has 1 aromatic rings. The summed E-state index contributed by atoms with van der Waals surface area (Å²) in [6.07, 6.45) is 1.69. The van der Waals surface area contributed by atoms with Crippen molar-refractivity contribution in [2.24, 2.45) is 0 Å². The zero-order chi connectivity index (χ0) is 12.0. The number of nitrogens with zero attached hydrogens (tertiary/aromatic N) is 2. The first kappa shape index (κ1) is 13.6. The Hall–Kier alpha value is -0.490. The second-order valence-electron chi connectivity index (χ2n) is 3.26. The normalized spacial score (nSPS) is 12.2. The van der Waals surface area contributed by atoms with Crippen LogP contribution in [0.2, 0.25) is 0 Å². The Labute approximate surface area is 109 Å². The quantitative estimate of drug-likeness (QED) is 0.875. The van der Waals surface area contributed by atoms with Crippen molar-refractivity contribution >= 4 is 33.6 Å². The predicted molar refractivity (Wildman–Crippen MR) is 72.4 cm³/mol. The number of rotatable bonds is 6. The maximum Gasteiger partial charge on any atom is 0.232 e. The average molecular weight is 306 g/mol. The standard InChI is InChI=1S/C10H16BrN3OS/c1-4-16-6-7(2)13-10-12-5-8(11)9(14-10)15-3/h5,7H,4,6H2,1-3H3,(H,12,13,14). The molecular weight excluding hydrogens is 290 g/mol. The third-order valence-corrected chi connectivity index (χ3v) is 3.54. The molecule has 0 saturated carbocycles. The number of aromatic nitrogens is 2. The van der Waals surface area contributed by atoms with Gasteiger partial charge in [-0.2, -0.15) is 16.7 Å². The maximum atomic E-state index is 5.11. The average Bonchev–Trinajstić information content (AvgIpc) is 2.29. The molecule has 1 heterocycles. The van der Waals surface area contributed by atoms with Gasteiger partial charge in [-0.1, -0.05) is 6.92 Å². The molecule has 0 aliphatic carbocycles. The summed E-state index contributed by atoms with van der Waals surface area (Å²) in [6, 6.07) is 0.343. The van der Waals surface area contributed by atoms with Crippen molar-refractivity contribution in [2.75, 3.05) is 23.9 Å². The van der Waals surface area contributed by atoms with Crippen LogP contribution in [0.1, 0.15) is 13.8 Å². The molecule has 0 spiro atoms. The molecule has 0 amide bonds. The largest absolute Gasteiger partial charge is 0.480 e. The predicted octanol–water partition coefficient (Wildman–Crippen LogP) is 2.80. The molecule has 0 bridgehead atoms. The first-order chi connectivity index (χ1) is 7.67. The van der Waals surface area contributed by atoms with E-state index in [1.807, 2.05) is 11.8 Å². The molecule has 0 fully saturated rings. The summed E-state index contributed by atoms with van der Waals surface area (Å²) < 4.78 is 5.87. The summed E-state index contributed by atoms with van der Waals surface area (Å²) in [4.78, 5) is 8.41. The highest BCUT2D eigenvalue weighted by atomic mass is 79.9. The van der Waals surface area contributed by atoms with E-state index in [1.165, 1.54) is 0 Å². The van der Waals surface area contributed by atoms with Crippen molar-refractivity contribution in [1.29, 1.82) is 0 Å². The number of ether oxygens (including phenoxy) is 1. The Balaban J connectivity index is 2.59. The number of methoxy groups -OCH3 is 1. The van der Waals surface area contributed by atoms with E-state index in [9.17, 15) is 0 Å². The van der Waals surface area contributed by atoms with E-state index < -0.39 is 0 Å². The molecule has 1 aromatic heterocycles. The van der Waals surface area contributed by atoms with Crippen LogP contribution in [0.3, 0.4) is 0 Å². The Bertz CT molecular complexity index is 338. The number of anilines is 1. The summed E-state index contributed by atoms with van der Waals surface area (Å²) in [5.74, 6) is 3.31. The van der Waals surface area contributed by atoms with E-state index in [-0.39, 0.29) is 0 Å². The summed E-state index contributed by atoms with van der Waals surface area (Å²) in [7, 11) is 1.59. The Morgan fingerprint density at radius 2 is 2.38 bits per heavy atom. The van der Waals surface area contributed by atoms with E-state index in [0.717, 1.165) is 16.0 Å². The van der Waals surface area contributed by atoms with Crippen LogP contribution in [0.25, 0.3) is 0 Å². The van der Waals surface area contributed by atoms with Gasteiger partial charge in [0, 0.05) is 11.8 Å². The van der Waals surface area contributed by atoms with E-state index in [1.54, 1.807) is 13.3 Å². The van der Waals surface area contributed by atoms with Gasteiger partial charge in [0.2, 0.25) is 11.8 Å². The molecule has 0 radical (unpaired) electrons. The van der Waals surface area contributed by atoms with Crippen molar-refractivity contribution in [2.45, 2.75) is 19.9 Å². The van der Waals surface area contributed by atoms with Gasteiger partial charge < -0.3 is 10.1 Å². The molecule has 16 heavy (non-hydrogen) atoms. The molecule has 0 saturated heterocycles. The second-order valence-corrected chi connectivity index (χ2v) is 5.43. The highest BCUT2D eigenvalue weighted by Crippen LogP contribution is 2.22. The van der Waals surface area contributed by atoms with Crippen LogP contribution in [0.4, 0.5) is 5.95 Å². The minimum Gasteiger partial charge on any atom is -0.480 e. The number of halogens is 1. The van der Waals surface area contributed by atoms with Crippen LogP contribution in [0.5, 0.6) is 5.88 Å². The Morgan fingerprint density at radius 1 is 1.62 bits per heavy atom. The lowest BCUT2D eigenvalue weighted by Gasteiger charge is -2.13. The summed E-state index contributed by atoms with van der Waals surface area (Å²) in [5.41, 5.74) is 0. The third kappa shape index (κ3) is 4.17. The minimum atomic E-state index is 0.343. The van der Waals surface area contributed by atoms with Gasteiger partial charge in [0.05, 0.1) is 17.8 Å². The summed E-state index contributed by atoms with van der Waals surface area (Å²) in [6.45, 7) is 4.26. The van der Waals surface area contributed by atoms with Gasteiger partial charge in [0.1, 0.15) is 0 Å². The van der Waals surface area contributed by atoms with Gasteiger partial charge in [-0.15, -0.1) is 0 Å². The van der Waals surface area contributed by atoms with Gasteiger partial charge in [0.25, 0.3) is 0 Å². The number of thioether (sulfide) groups is 1. The smallest absolute Gasteiger partial charge is 0.232 e. The van der Waals surface area contributed by atoms with Crippen LogP contribution < -0.4 is 10.1 Å². The van der Waals surface area contributed by atoms with E-state index in [0.29, 0.717) is 17.9 Å². The molecule has 4 nitrogen and oxygen atoms in total. The van der Waals surface area contributed by atoms with Crippen molar-refractivity contribution < 1.29 is 4.74 Å². The maximum absolute atomic E-state index is 5.11. The topological polar surface area (TPSA) is 47.0 Å². The van der Waals surface area contributed by atoms with Crippen molar-refractivity contribution in [3.8, 4) is 5.88 Å². The monoisotopic (exact) mass is 305 g/mol. The van der Waals surface area contributed by atoms with Gasteiger partial charge in [-0.25, -0.2) is 4.98 Å². The van der Waals surface area contributed by atoms with Crippen LogP contribution in [-0.4, -0.2) is 34.6 Å². The fourth-order valence-corrected chi connectivity index (χ4v) is 2.15. The zero-order valence-corrected chi connectivity index (χ0v) is 12.1. The first-order valence-electron chi connectivity index (χ1n) is 5.08. The molecule has 0 aliphatic rings. The van der Waals surface area contributed by atoms with Gasteiger partial charge in [-0.3, -0.25) is 0 Å². The first-order valence-corrected chi connectivity index (χ1v) is 7.03. The zero-order valence-electron chi connectivity index (χ0n) is 9.66. The molecule has 1 atom stereocenters. The van der Waals surface area contributed by atoms with Crippen molar-refractivity contribution in [1.82, 2.24) is 9.97 Å². The molecule has 6 heteroatoms. The second kappa shape index (κ2) is 6.96. The number of nitrogens with one attached hydrogen (secondary N) is 1. The minimum absolute atomic E-state index is 0.343. The van der Waals surface area contributed by atoms with Crippen LogP contribution in [0.15, 0.2) is 10.7 Å². The molecular formula is C10H16BrN3OS. The van der Waals surface area contributed by atoms with Gasteiger partial charge >= 0.3 is 0 Å². The lowest BCUT2D eigenvalue weighted by atomic mass is 10.4. The van der Waals surface area contributed by atoms with Crippen LogP contribution >= 0.6 is 27.7 Å². The summed E-state index contributed by atoms with van der Waals surface area (Å²) >= 11 is 5.21. The highest BCUT2D eigenvalue weighted by Gasteiger charge is 2.07. The summed E-state index contributed by atoms with van der Waals surface area (Å²) in [5, 5.41) is 3.23. The molecule has 1 rings (SSSR count). The van der Waals surface area contributed by atoms with Crippen LogP contribution in [-0.2, 0) is 0 Å². The van der Waals surface area contributed by atoms with E-state index in [2.05, 4.69) is 45.1 Å². The molecule has 0 aliphatic heterocycles. The molecule has 0 aromatic carbocycles.